The van der Waals surface area contributed by atoms with Crippen molar-refractivity contribution in [2.24, 2.45) is 11.8 Å². The van der Waals surface area contributed by atoms with Crippen molar-refractivity contribution in [1.29, 1.82) is 0 Å². The van der Waals surface area contributed by atoms with Crippen LogP contribution >= 0.6 is 15.2 Å². The molecule has 0 aromatic heterocycles. The van der Waals surface area contributed by atoms with E-state index in [9.17, 15) is 28.7 Å². The third-order valence-corrected chi connectivity index (χ3v) is 8.66. The zero-order valence-electron chi connectivity index (χ0n) is 16.8. The van der Waals surface area contributed by atoms with Crippen molar-refractivity contribution in [2.75, 3.05) is 13.1 Å². The van der Waals surface area contributed by atoms with E-state index < -0.39 is 20.7 Å². The fraction of sp³-hybridized carbons (Fsp3) is 1.00. The van der Waals surface area contributed by atoms with Crippen LogP contribution in [0.2, 0.25) is 0 Å². The Bertz CT molecular complexity index is 424. The summed E-state index contributed by atoms with van der Waals surface area (Å²) in [6, 6.07) is 0. The fourth-order valence-electron chi connectivity index (χ4n) is 3.38. The van der Waals surface area contributed by atoms with Crippen molar-refractivity contribution in [3.63, 3.8) is 0 Å². The van der Waals surface area contributed by atoms with Gasteiger partial charge in [-0.25, -0.2) is 0 Å². The summed E-state index contributed by atoms with van der Waals surface area (Å²) in [6.45, 7) is 8.79. The first-order chi connectivity index (χ1) is 12.0. The molecule has 7 nitrogen and oxygen atoms in total. The molecule has 0 fully saturated rings. The predicted molar refractivity (Wildman–Crippen MR) is 106 cm³/mol. The summed E-state index contributed by atoms with van der Waals surface area (Å²) in [7, 11) is -9.95. The van der Waals surface area contributed by atoms with Crippen LogP contribution in [0.25, 0.3) is 0 Å². The van der Waals surface area contributed by atoms with E-state index in [4.69, 9.17) is 0 Å². The molecule has 0 saturated heterocycles. The first-order valence-corrected chi connectivity index (χ1v) is 13.2. The van der Waals surface area contributed by atoms with Gasteiger partial charge in [0.05, 0.1) is 0 Å². The Morgan fingerprint density at radius 3 is 1.31 bits per heavy atom. The Labute approximate surface area is 158 Å². The molecule has 26 heavy (non-hydrogen) atoms. The zero-order chi connectivity index (χ0) is 20.4. The number of rotatable bonds is 15. The van der Waals surface area contributed by atoms with E-state index >= 15 is 0 Å². The minimum Gasteiger partial charge on any atom is -0.323 e. The standard InChI is InChI=1S/C17H39NO6P2/c1-5-9-11-15(7-3)13-18(14-16(8-4)12-10-6-2)17(25(19,20)21)26(22,23)24/h15-17H,5-14H2,1-4H3,(H2,19,20,21)(H2,22,23,24). The fourth-order valence-corrected chi connectivity index (χ4v) is 6.18. The van der Waals surface area contributed by atoms with Crippen molar-refractivity contribution < 1.29 is 28.7 Å². The molecule has 0 saturated carbocycles. The van der Waals surface area contributed by atoms with E-state index in [1.54, 1.807) is 0 Å². The third kappa shape index (κ3) is 9.98. The van der Waals surface area contributed by atoms with Crippen molar-refractivity contribution in [1.82, 2.24) is 4.90 Å². The maximum absolute atomic E-state index is 11.9. The summed E-state index contributed by atoms with van der Waals surface area (Å²) >= 11 is 0. The lowest BCUT2D eigenvalue weighted by Crippen LogP contribution is -2.41. The second-order valence-electron chi connectivity index (χ2n) is 7.31. The summed E-state index contributed by atoms with van der Waals surface area (Å²) < 4.78 is 23.9. The summed E-state index contributed by atoms with van der Waals surface area (Å²) in [5.74, 6) is 0.332. The van der Waals surface area contributed by atoms with E-state index in [-0.39, 0.29) is 11.8 Å². The maximum Gasteiger partial charge on any atom is 0.354 e. The Balaban J connectivity index is 5.60. The Morgan fingerprint density at radius 1 is 0.731 bits per heavy atom. The number of hydrogen-bond donors (Lipinski definition) is 4. The molecule has 2 atom stereocenters. The Morgan fingerprint density at radius 2 is 1.08 bits per heavy atom. The van der Waals surface area contributed by atoms with Gasteiger partial charge in [0.2, 0.25) is 5.52 Å². The van der Waals surface area contributed by atoms with Gasteiger partial charge in [-0.05, 0) is 24.7 Å². The predicted octanol–water partition coefficient (Wildman–Crippen LogP) is 4.36. The Kier molecular flexibility index (Phi) is 12.8. The molecule has 4 N–H and O–H groups in total. The van der Waals surface area contributed by atoms with Crippen LogP contribution in [0.5, 0.6) is 0 Å². The van der Waals surface area contributed by atoms with Crippen molar-refractivity contribution in [3.8, 4) is 0 Å². The lowest BCUT2D eigenvalue weighted by atomic mass is 9.96. The van der Waals surface area contributed by atoms with E-state index in [0.717, 1.165) is 51.4 Å². The molecule has 0 heterocycles. The highest BCUT2D eigenvalue weighted by Gasteiger charge is 2.48. The van der Waals surface area contributed by atoms with Gasteiger partial charge >= 0.3 is 15.2 Å². The van der Waals surface area contributed by atoms with Gasteiger partial charge in [-0.2, -0.15) is 0 Å². The zero-order valence-corrected chi connectivity index (χ0v) is 18.5. The van der Waals surface area contributed by atoms with Gasteiger partial charge in [-0.1, -0.05) is 66.2 Å². The van der Waals surface area contributed by atoms with Gasteiger partial charge in [-0.15, -0.1) is 0 Å². The quantitative estimate of drug-likeness (QED) is 0.294. The van der Waals surface area contributed by atoms with E-state index in [2.05, 4.69) is 13.8 Å². The molecule has 0 aliphatic rings. The third-order valence-electron chi connectivity index (χ3n) is 5.00. The number of hydrogen-bond acceptors (Lipinski definition) is 3. The lowest BCUT2D eigenvalue weighted by molar-refractivity contribution is 0.162. The molecular weight excluding hydrogens is 376 g/mol. The number of nitrogens with zero attached hydrogens (tertiary/aromatic N) is 1. The van der Waals surface area contributed by atoms with E-state index in [1.807, 2.05) is 13.8 Å². The average Bonchev–Trinajstić information content (AvgIpc) is 2.52. The van der Waals surface area contributed by atoms with Crippen molar-refractivity contribution in [2.45, 2.75) is 84.6 Å². The molecule has 0 spiro atoms. The van der Waals surface area contributed by atoms with Crippen LogP contribution in [-0.4, -0.2) is 43.1 Å². The smallest absolute Gasteiger partial charge is 0.323 e. The molecule has 9 heteroatoms. The summed E-state index contributed by atoms with van der Waals surface area (Å²) in [6.07, 6.45) is 7.45. The molecule has 158 valence electrons. The van der Waals surface area contributed by atoms with Crippen LogP contribution in [-0.2, 0) is 9.13 Å². The molecule has 0 aliphatic carbocycles. The highest BCUT2D eigenvalue weighted by Crippen LogP contribution is 2.61. The SMILES string of the molecule is CCCCC(CC)CN(CC(CC)CCCC)C(P(=O)(O)O)P(=O)(O)O. The second-order valence-corrected chi connectivity index (χ2v) is 11.1. The first kappa shape index (κ1) is 26.3. The second kappa shape index (κ2) is 12.7. The van der Waals surface area contributed by atoms with Crippen molar-refractivity contribution >= 4 is 15.2 Å². The van der Waals surface area contributed by atoms with Crippen LogP contribution < -0.4 is 0 Å². The molecule has 0 rings (SSSR count). The molecule has 0 aromatic rings. The van der Waals surface area contributed by atoms with Gasteiger partial charge in [0.15, 0.2) is 0 Å². The lowest BCUT2D eigenvalue weighted by Gasteiger charge is -2.36. The average molecular weight is 415 g/mol. The molecule has 0 aliphatic heterocycles. The van der Waals surface area contributed by atoms with E-state index in [1.165, 1.54) is 4.90 Å². The molecular formula is C17H39NO6P2. The van der Waals surface area contributed by atoms with Crippen molar-refractivity contribution in [3.05, 3.63) is 0 Å². The van der Waals surface area contributed by atoms with Crippen LogP contribution in [0, 0.1) is 11.8 Å². The normalized spacial score (nSPS) is 15.6. The molecule has 0 aromatic carbocycles. The minimum atomic E-state index is -4.98. The molecule has 0 bridgehead atoms. The summed E-state index contributed by atoms with van der Waals surface area (Å²) in [4.78, 5) is 40.1. The minimum absolute atomic E-state index is 0.166. The maximum atomic E-state index is 11.9. The highest BCUT2D eigenvalue weighted by atomic mass is 31.2. The highest BCUT2D eigenvalue weighted by molar-refractivity contribution is 7.70. The number of unbranched alkanes of at least 4 members (excludes halogenated alkanes) is 2. The summed E-state index contributed by atoms with van der Waals surface area (Å²) in [5.41, 5.74) is -2.04. The van der Waals surface area contributed by atoms with Gasteiger partial charge in [0.25, 0.3) is 0 Å². The monoisotopic (exact) mass is 415 g/mol. The van der Waals surface area contributed by atoms with Crippen LogP contribution in [0.1, 0.15) is 79.1 Å². The molecule has 0 radical (unpaired) electrons. The van der Waals surface area contributed by atoms with Gasteiger partial charge in [0, 0.05) is 13.1 Å². The topological polar surface area (TPSA) is 118 Å². The first-order valence-electron chi connectivity index (χ1n) is 9.85. The van der Waals surface area contributed by atoms with Crippen LogP contribution in [0.15, 0.2) is 0 Å². The largest absolute Gasteiger partial charge is 0.354 e. The van der Waals surface area contributed by atoms with Gasteiger partial charge in [0.1, 0.15) is 0 Å². The van der Waals surface area contributed by atoms with E-state index in [0.29, 0.717) is 13.1 Å². The van der Waals surface area contributed by atoms with Gasteiger partial charge < -0.3 is 19.6 Å². The van der Waals surface area contributed by atoms with Crippen LogP contribution in [0.4, 0.5) is 0 Å². The van der Waals surface area contributed by atoms with Gasteiger partial charge in [-0.3, -0.25) is 14.0 Å². The molecule has 0 amide bonds. The molecule has 2 unspecified atom stereocenters. The van der Waals surface area contributed by atoms with Crippen LogP contribution in [0.3, 0.4) is 0 Å². The summed E-state index contributed by atoms with van der Waals surface area (Å²) in [5, 5.41) is 0. The Hall–Kier alpha value is 0.260.